The fraction of sp³-hybridized carbons (Fsp3) is 0.625. The Morgan fingerprint density at radius 3 is 2.70 bits per heavy atom. The SMILES string of the molecule is CCNCC(CCCOCCOC)c1ccccc1Cl. The van der Waals surface area contributed by atoms with E-state index in [1.165, 1.54) is 5.56 Å². The third kappa shape index (κ3) is 6.71. The number of hydrogen-bond acceptors (Lipinski definition) is 3. The molecule has 0 saturated heterocycles. The largest absolute Gasteiger partial charge is 0.382 e. The summed E-state index contributed by atoms with van der Waals surface area (Å²) in [4.78, 5) is 0. The first-order valence-electron chi connectivity index (χ1n) is 7.31. The van der Waals surface area contributed by atoms with Gasteiger partial charge in [0.1, 0.15) is 0 Å². The molecule has 0 amide bonds. The molecule has 1 N–H and O–H groups in total. The summed E-state index contributed by atoms with van der Waals surface area (Å²) in [7, 11) is 1.69. The second-order valence-corrected chi connectivity index (χ2v) is 5.18. The number of ether oxygens (including phenoxy) is 2. The maximum Gasteiger partial charge on any atom is 0.0700 e. The Hall–Kier alpha value is -0.610. The molecule has 1 atom stereocenters. The molecule has 1 rings (SSSR count). The third-order valence-corrected chi connectivity index (χ3v) is 3.60. The molecule has 0 saturated carbocycles. The Morgan fingerprint density at radius 2 is 2.00 bits per heavy atom. The van der Waals surface area contributed by atoms with Crippen molar-refractivity contribution >= 4 is 11.6 Å². The molecule has 0 fully saturated rings. The molecule has 0 aliphatic rings. The first-order valence-corrected chi connectivity index (χ1v) is 7.69. The Kier molecular flexibility index (Phi) is 9.67. The summed E-state index contributed by atoms with van der Waals surface area (Å²) in [5.74, 6) is 0.440. The van der Waals surface area contributed by atoms with Crippen LogP contribution in [0.1, 0.15) is 31.2 Å². The van der Waals surface area contributed by atoms with Crippen LogP contribution >= 0.6 is 11.6 Å². The van der Waals surface area contributed by atoms with Crippen molar-refractivity contribution in [3.05, 3.63) is 34.9 Å². The standard InChI is InChI=1S/C16H26ClNO2/c1-3-18-13-14(7-6-10-20-12-11-19-2)15-8-4-5-9-16(15)17/h4-5,8-9,14,18H,3,6-7,10-13H2,1-2H3. The molecule has 4 heteroatoms. The average Bonchev–Trinajstić information content (AvgIpc) is 2.47. The zero-order valence-corrected chi connectivity index (χ0v) is 13.3. The normalized spacial score (nSPS) is 12.6. The molecule has 0 aromatic heterocycles. The van der Waals surface area contributed by atoms with E-state index in [4.69, 9.17) is 21.1 Å². The van der Waals surface area contributed by atoms with Gasteiger partial charge in [0.25, 0.3) is 0 Å². The number of likely N-dealkylation sites (N-methyl/N-ethyl adjacent to an activating group) is 1. The van der Waals surface area contributed by atoms with Crippen LogP contribution in [0.25, 0.3) is 0 Å². The molecular weight excluding hydrogens is 274 g/mol. The van der Waals surface area contributed by atoms with E-state index >= 15 is 0 Å². The van der Waals surface area contributed by atoms with E-state index in [0.29, 0.717) is 19.1 Å². The molecular formula is C16H26ClNO2. The van der Waals surface area contributed by atoms with Crippen LogP contribution < -0.4 is 5.32 Å². The minimum atomic E-state index is 0.440. The van der Waals surface area contributed by atoms with Crippen LogP contribution in [0.2, 0.25) is 5.02 Å². The number of rotatable bonds is 11. The van der Waals surface area contributed by atoms with Crippen molar-refractivity contribution in [2.75, 3.05) is 40.0 Å². The van der Waals surface area contributed by atoms with Gasteiger partial charge in [0.05, 0.1) is 13.2 Å². The molecule has 0 aliphatic carbocycles. The van der Waals surface area contributed by atoms with E-state index in [2.05, 4.69) is 24.4 Å². The summed E-state index contributed by atoms with van der Waals surface area (Å²) < 4.78 is 10.5. The number of methoxy groups -OCH3 is 1. The highest BCUT2D eigenvalue weighted by atomic mass is 35.5. The maximum absolute atomic E-state index is 6.30. The smallest absolute Gasteiger partial charge is 0.0700 e. The Morgan fingerprint density at radius 1 is 1.20 bits per heavy atom. The lowest BCUT2D eigenvalue weighted by molar-refractivity contribution is 0.0681. The summed E-state index contributed by atoms with van der Waals surface area (Å²) in [5, 5.41) is 4.27. The van der Waals surface area contributed by atoms with E-state index in [-0.39, 0.29) is 0 Å². The first kappa shape index (κ1) is 17.4. The van der Waals surface area contributed by atoms with Crippen molar-refractivity contribution < 1.29 is 9.47 Å². The van der Waals surface area contributed by atoms with E-state index in [0.717, 1.165) is 37.6 Å². The highest BCUT2D eigenvalue weighted by Crippen LogP contribution is 2.27. The molecule has 0 radical (unpaired) electrons. The lowest BCUT2D eigenvalue weighted by atomic mass is 9.94. The summed E-state index contributed by atoms with van der Waals surface area (Å²) in [6.07, 6.45) is 2.11. The third-order valence-electron chi connectivity index (χ3n) is 3.26. The molecule has 0 heterocycles. The van der Waals surface area contributed by atoms with Crippen LogP contribution in [0.4, 0.5) is 0 Å². The Balaban J connectivity index is 2.42. The number of nitrogens with one attached hydrogen (secondary N) is 1. The predicted octanol–water partition coefficient (Wildman–Crippen LogP) is 3.48. The van der Waals surface area contributed by atoms with Crippen molar-refractivity contribution in [3.63, 3.8) is 0 Å². The van der Waals surface area contributed by atoms with Gasteiger partial charge in [-0.25, -0.2) is 0 Å². The number of benzene rings is 1. The number of halogens is 1. The Labute approximate surface area is 127 Å². The van der Waals surface area contributed by atoms with Crippen molar-refractivity contribution in [2.45, 2.75) is 25.7 Å². The van der Waals surface area contributed by atoms with Gasteiger partial charge < -0.3 is 14.8 Å². The summed E-state index contributed by atoms with van der Waals surface area (Å²) in [5.41, 5.74) is 1.23. The Bertz CT molecular complexity index is 360. The molecule has 1 aromatic carbocycles. The van der Waals surface area contributed by atoms with Crippen molar-refractivity contribution in [1.29, 1.82) is 0 Å². The monoisotopic (exact) mass is 299 g/mol. The minimum Gasteiger partial charge on any atom is -0.382 e. The highest BCUT2D eigenvalue weighted by Gasteiger charge is 2.13. The van der Waals surface area contributed by atoms with Gasteiger partial charge in [-0.2, -0.15) is 0 Å². The maximum atomic E-state index is 6.30. The van der Waals surface area contributed by atoms with E-state index in [1.54, 1.807) is 7.11 Å². The van der Waals surface area contributed by atoms with Crippen LogP contribution in [0.5, 0.6) is 0 Å². The van der Waals surface area contributed by atoms with Crippen LogP contribution in [0.3, 0.4) is 0 Å². The quantitative estimate of drug-likeness (QED) is 0.635. The van der Waals surface area contributed by atoms with Crippen LogP contribution in [-0.2, 0) is 9.47 Å². The van der Waals surface area contributed by atoms with E-state index < -0.39 is 0 Å². The lowest BCUT2D eigenvalue weighted by Crippen LogP contribution is -2.21. The second-order valence-electron chi connectivity index (χ2n) is 4.77. The molecule has 1 aromatic rings. The second kappa shape index (κ2) is 11.1. The fourth-order valence-corrected chi connectivity index (χ4v) is 2.46. The van der Waals surface area contributed by atoms with Gasteiger partial charge in [0.2, 0.25) is 0 Å². The summed E-state index contributed by atoms with van der Waals surface area (Å²) >= 11 is 6.30. The molecule has 0 aliphatic heterocycles. The molecule has 0 spiro atoms. The van der Waals surface area contributed by atoms with Gasteiger partial charge in [0.15, 0.2) is 0 Å². The zero-order chi connectivity index (χ0) is 14.6. The summed E-state index contributed by atoms with van der Waals surface area (Å²) in [6.45, 7) is 6.16. The molecule has 114 valence electrons. The predicted molar refractivity (Wildman–Crippen MR) is 84.7 cm³/mol. The zero-order valence-electron chi connectivity index (χ0n) is 12.5. The highest BCUT2D eigenvalue weighted by molar-refractivity contribution is 6.31. The topological polar surface area (TPSA) is 30.5 Å². The van der Waals surface area contributed by atoms with Crippen LogP contribution in [0, 0.1) is 0 Å². The van der Waals surface area contributed by atoms with Crippen LogP contribution in [0.15, 0.2) is 24.3 Å². The summed E-state index contributed by atoms with van der Waals surface area (Å²) in [6, 6.07) is 8.11. The molecule has 20 heavy (non-hydrogen) atoms. The van der Waals surface area contributed by atoms with Crippen molar-refractivity contribution in [1.82, 2.24) is 5.32 Å². The van der Waals surface area contributed by atoms with E-state index in [1.807, 2.05) is 12.1 Å². The van der Waals surface area contributed by atoms with Crippen molar-refractivity contribution in [3.8, 4) is 0 Å². The minimum absolute atomic E-state index is 0.440. The van der Waals surface area contributed by atoms with Crippen molar-refractivity contribution in [2.24, 2.45) is 0 Å². The van der Waals surface area contributed by atoms with Gasteiger partial charge in [-0.3, -0.25) is 0 Å². The van der Waals surface area contributed by atoms with E-state index in [9.17, 15) is 0 Å². The van der Waals surface area contributed by atoms with Crippen LogP contribution in [-0.4, -0.2) is 40.0 Å². The van der Waals surface area contributed by atoms with Gasteiger partial charge in [0, 0.05) is 25.3 Å². The molecule has 0 bridgehead atoms. The van der Waals surface area contributed by atoms with Gasteiger partial charge in [-0.1, -0.05) is 36.7 Å². The lowest BCUT2D eigenvalue weighted by Gasteiger charge is -2.19. The fourth-order valence-electron chi connectivity index (χ4n) is 2.17. The molecule has 1 unspecified atom stereocenters. The van der Waals surface area contributed by atoms with Gasteiger partial charge in [-0.15, -0.1) is 0 Å². The van der Waals surface area contributed by atoms with Gasteiger partial charge >= 0.3 is 0 Å². The molecule has 3 nitrogen and oxygen atoms in total. The van der Waals surface area contributed by atoms with Gasteiger partial charge in [-0.05, 0) is 36.9 Å². The average molecular weight is 300 g/mol. The first-order chi connectivity index (χ1) is 9.79. The number of hydrogen-bond donors (Lipinski definition) is 1.